The lowest BCUT2D eigenvalue weighted by Gasteiger charge is -2.31. The highest BCUT2D eigenvalue weighted by molar-refractivity contribution is 5.93. The van der Waals surface area contributed by atoms with Crippen LogP contribution in [0.5, 0.6) is 0 Å². The van der Waals surface area contributed by atoms with E-state index in [-0.39, 0.29) is 17.0 Å². The molecule has 0 bridgehead atoms. The minimum absolute atomic E-state index is 0.190. The van der Waals surface area contributed by atoms with Gasteiger partial charge in [0.25, 0.3) is 11.5 Å². The second-order valence-corrected chi connectivity index (χ2v) is 4.41. The van der Waals surface area contributed by atoms with Gasteiger partial charge in [-0.1, -0.05) is 0 Å². The summed E-state index contributed by atoms with van der Waals surface area (Å²) >= 11 is 0. The molecular formula is C12H17N3O2. The van der Waals surface area contributed by atoms with Gasteiger partial charge in [-0.3, -0.25) is 9.59 Å². The summed E-state index contributed by atoms with van der Waals surface area (Å²) in [5, 5.41) is 0. The molecule has 1 fully saturated rings. The molecule has 0 unspecified atom stereocenters. The molecule has 0 radical (unpaired) electrons. The lowest BCUT2D eigenvalue weighted by molar-refractivity contribution is 0.0676. The maximum Gasteiger partial charge on any atom is 0.260 e. The molecule has 92 valence electrons. The van der Waals surface area contributed by atoms with Gasteiger partial charge in [0.1, 0.15) is 5.56 Å². The fraction of sp³-hybridized carbons (Fsp3) is 0.500. The molecule has 0 saturated carbocycles. The third kappa shape index (κ3) is 2.55. The third-order valence-corrected chi connectivity index (χ3v) is 3.19. The fourth-order valence-electron chi connectivity index (χ4n) is 2.20. The number of piperidine rings is 1. The Bertz CT molecular complexity index is 455. The number of nitrogens with two attached hydrogens (primary N) is 1. The van der Waals surface area contributed by atoms with Gasteiger partial charge in [-0.2, -0.15) is 0 Å². The number of likely N-dealkylation sites (tertiary alicyclic amines) is 1. The summed E-state index contributed by atoms with van der Waals surface area (Å²) < 4.78 is 0. The maximum atomic E-state index is 12.1. The fourth-order valence-corrected chi connectivity index (χ4v) is 2.20. The van der Waals surface area contributed by atoms with Gasteiger partial charge in [0.15, 0.2) is 0 Å². The smallest absolute Gasteiger partial charge is 0.260 e. The Balaban J connectivity index is 2.15. The van der Waals surface area contributed by atoms with Gasteiger partial charge in [-0.05, 0) is 37.4 Å². The van der Waals surface area contributed by atoms with E-state index in [1.165, 1.54) is 6.20 Å². The van der Waals surface area contributed by atoms with Crippen LogP contribution in [0.1, 0.15) is 23.2 Å². The number of pyridine rings is 1. The van der Waals surface area contributed by atoms with Gasteiger partial charge < -0.3 is 15.6 Å². The van der Waals surface area contributed by atoms with E-state index in [0.29, 0.717) is 25.6 Å². The zero-order valence-electron chi connectivity index (χ0n) is 9.69. The van der Waals surface area contributed by atoms with Crippen LogP contribution in [-0.2, 0) is 0 Å². The van der Waals surface area contributed by atoms with Crippen molar-refractivity contribution >= 4 is 5.91 Å². The summed E-state index contributed by atoms with van der Waals surface area (Å²) in [5.74, 6) is 0.167. The molecule has 1 saturated heterocycles. The van der Waals surface area contributed by atoms with Crippen molar-refractivity contribution in [3.8, 4) is 0 Å². The van der Waals surface area contributed by atoms with E-state index in [4.69, 9.17) is 5.73 Å². The number of nitrogens with one attached hydrogen (secondary N) is 1. The molecule has 1 aliphatic rings. The summed E-state index contributed by atoms with van der Waals surface area (Å²) in [4.78, 5) is 27.9. The molecule has 1 aromatic heterocycles. The van der Waals surface area contributed by atoms with Crippen LogP contribution >= 0.6 is 0 Å². The van der Waals surface area contributed by atoms with Crippen LogP contribution in [0, 0.1) is 5.92 Å². The van der Waals surface area contributed by atoms with Crippen molar-refractivity contribution in [2.24, 2.45) is 11.7 Å². The number of aromatic nitrogens is 1. The molecule has 0 spiro atoms. The molecule has 2 rings (SSSR count). The zero-order chi connectivity index (χ0) is 12.3. The number of nitrogens with zero attached hydrogens (tertiary/aromatic N) is 1. The highest BCUT2D eigenvalue weighted by Crippen LogP contribution is 2.16. The quantitative estimate of drug-likeness (QED) is 0.767. The SMILES string of the molecule is NC[C@@H]1CCCN(C(=O)c2ccc[nH]c2=O)C1. The first kappa shape index (κ1) is 11.9. The molecule has 0 aromatic carbocycles. The number of hydrogen-bond donors (Lipinski definition) is 2. The van der Waals surface area contributed by atoms with Crippen LogP contribution in [-0.4, -0.2) is 35.4 Å². The Morgan fingerprint density at radius 3 is 3.12 bits per heavy atom. The molecule has 1 amide bonds. The van der Waals surface area contributed by atoms with Gasteiger partial charge >= 0.3 is 0 Å². The maximum absolute atomic E-state index is 12.1. The molecule has 0 aliphatic carbocycles. The van der Waals surface area contributed by atoms with E-state index in [0.717, 1.165) is 12.8 Å². The zero-order valence-corrected chi connectivity index (χ0v) is 9.69. The summed E-state index contributed by atoms with van der Waals surface area (Å²) in [6, 6.07) is 3.23. The molecule has 5 nitrogen and oxygen atoms in total. The first-order chi connectivity index (χ1) is 8.22. The topological polar surface area (TPSA) is 79.2 Å². The lowest BCUT2D eigenvalue weighted by Crippen LogP contribution is -2.43. The van der Waals surface area contributed by atoms with Crippen molar-refractivity contribution in [3.63, 3.8) is 0 Å². The van der Waals surface area contributed by atoms with Gasteiger partial charge in [-0.25, -0.2) is 0 Å². The first-order valence-corrected chi connectivity index (χ1v) is 5.89. The summed E-state index contributed by atoms with van der Waals surface area (Å²) in [6.45, 7) is 1.96. The Morgan fingerprint density at radius 2 is 2.41 bits per heavy atom. The van der Waals surface area contributed by atoms with Gasteiger partial charge in [-0.15, -0.1) is 0 Å². The highest BCUT2D eigenvalue weighted by Gasteiger charge is 2.24. The standard InChI is InChI=1S/C12H17N3O2/c13-7-9-3-2-6-15(8-9)12(17)10-4-1-5-14-11(10)16/h1,4-5,9H,2-3,6-8,13H2,(H,14,16)/t9-/m0/s1. The summed E-state index contributed by atoms with van der Waals surface area (Å²) in [6.07, 6.45) is 3.54. The average molecular weight is 235 g/mol. The van der Waals surface area contributed by atoms with Crippen LogP contribution in [0.2, 0.25) is 0 Å². The van der Waals surface area contributed by atoms with E-state index in [9.17, 15) is 9.59 Å². The minimum Gasteiger partial charge on any atom is -0.338 e. The summed E-state index contributed by atoms with van der Waals surface area (Å²) in [5.41, 5.74) is 5.51. The predicted molar refractivity (Wildman–Crippen MR) is 64.7 cm³/mol. The van der Waals surface area contributed by atoms with E-state index in [1.54, 1.807) is 17.0 Å². The largest absolute Gasteiger partial charge is 0.338 e. The number of carbonyl (C=O) groups excluding carboxylic acids is 1. The lowest BCUT2D eigenvalue weighted by atomic mass is 9.98. The molecule has 3 N–H and O–H groups in total. The van der Waals surface area contributed by atoms with Crippen LogP contribution in [0.25, 0.3) is 0 Å². The van der Waals surface area contributed by atoms with Crippen molar-refractivity contribution in [3.05, 3.63) is 34.2 Å². The van der Waals surface area contributed by atoms with E-state index in [1.807, 2.05) is 0 Å². The highest BCUT2D eigenvalue weighted by atomic mass is 16.2. The number of amides is 1. The Morgan fingerprint density at radius 1 is 1.59 bits per heavy atom. The Hall–Kier alpha value is -1.62. The molecule has 1 atom stereocenters. The second-order valence-electron chi connectivity index (χ2n) is 4.41. The third-order valence-electron chi connectivity index (χ3n) is 3.19. The van der Waals surface area contributed by atoms with Gasteiger partial charge in [0.05, 0.1) is 0 Å². The van der Waals surface area contributed by atoms with Crippen LogP contribution < -0.4 is 11.3 Å². The number of carbonyl (C=O) groups is 1. The van der Waals surface area contributed by atoms with Crippen molar-refractivity contribution in [2.45, 2.75) is 12.8 Å². The van der Waals surface area contributed by atoms with Crippen LogP contribution in [0.15, 0.2) is 23.1 Å². The van der Waals surface area contributed by atoms with Gasteiger partial charge in [0.2, 0.25) is 0 Å². The van der Waals surface area contributed by atoms with Crippen molar-refractivity contribution in [1.29, 1.82) is 0 Å². The van der Waals surface area contributed by atoms with Crippen LogP contribution in [0.3, 0.4) is 0 Å². The number of H-pyrrole nitrogens is 1. The average Bonchev–Trinajstić information content (AvgIpc) is 2.38. The molecule has 1 aromatic rings. The number of hydrogen-bond acceptors (Lipinski definition) is 3. The Labute approximate surface area is 99.6 Å². The van der Waals surface area contributed by atoms with Crippen molar-refractivity contribution in [2.75, 3.05) is 19.6 Å². The first-order valence-electron chi connectivity index (χ1n) is 5.89. The van der Waals surface area contributed by atoms with Crippen molar-refractivity contribution < 1.29 is 4.79 Å². The normalized spacial score (nSPS) is 20.3. The van der Waals surface area contributed by atoms with E-state index >= 15 is 0 Å². The molecule has 5 heteroatoms. The molecule has 1 aliphatic heterocycles. The Kier molecular flexibility index (Phi) is 3.58. The summed E-state index contributed by atoms with van der Waals surface area (Å²) in [7, 11) is 0. The van der Waals surface area contributed by atoms with Crippen LogP contribution in [0.4, 0.5) is 0 Å². The van der Waals surface area contributed by atoms with E-state index < -0.39 is 0 Å². The monoisotopic (exact) mass is 235 g/mol. The predicted octanol–water partition coefficient (Wildman–Crippen LogP) is 0.186. The minimum atomic E-state index is -0.327. The van der Waals surface area contributed by atoms with E-state index in [2.05, 4.69) is 4.98 Å². The van der Waals surface area contributed by atoms with Crippen molar-refractivity contribution in [1.82, 2.24) is 9.88 Å². The number of aromatic amines is 1. The number of rotatable bonds is 2. The second kappa shape index (κ2) is 5.14. The molecule has 2 heterocycles. The molecular weight excluding hydrogens is 218 g/mol. The van der Waals surface area contributed by atoms with Gasteiger partial charge in [0, 0.05) is 19.3 Å². The molecule has 17 heavy (non-hydrogen) atoms.